The number of methoxy groups -OCH3 is 1. The lowest BCUT2D eigenvalue weighted by atomic mass is 10.1. The van der Waals surface area contributed by atoms with E-state index in [1.807, 2.05) is 50.3 Å². The maximum Gasteiger partial charge on any atom is 0.320 e. The number of hydrogen-bond donors (Lipinski definition) is 2. The van der Waals surface area contributed by atoms with E-state index in [9.17, 15) is 9.59 Å². The number of rotatable bonds is 10. The van der Waals surface area contributed by atoms with Crippen LogP contribution in [0.3, 0.4) is 0 Å². The zero-order chi connectivity index (χ0) is 27.8. The first-order valence-corrected chi connectivity index (χ1v) is 13.6. The van der Waals surface area contributed by atoms with E-state index in [1.54, 1.807) is 13.2 Å². The molecule has 2 heterocycles. The molecule has 0 radical (unpaired) electrons. The van der Waals surface area contributed by atoms with Crippen LogP contribution in [0.25, 0.3) is 10.9 Å². The van der Waals surface area contributed by atoms with Gasteiger partial charge in [0.1, 0.15) is 17.9 Å². The van der Waals surface area contributed by atoms with E-state index in [0.29, 0.717) is 35.9 Å². The highest BCUT2D eigenvalue weighted by Gasteiger charge is 2.19. The van der Waals surface area contributed by atoms with Gasteiger partial charge in [0.05, 0.1) is 31.0 Å². The van der Waals surface area contributed by atoms with Crippen LogP contribution in [0.15, 0.2) is 59.4 Å². The first-order chi connectivity index (χ1) is 18.8. The summed E-state index contributed by atoms with van der Waals surface area (Å²) >= 11 is 3.48. The Bertz CT molecular complexity index is 1340. The van der Waals surface area contributed by atoms with Gasteiger partial charge < -0.3 is 20.1 Å². The van der Waals surface area contributed by atoms with Crippen LogP contribution >= 0.6 is 15.9 Å². The SMILES string of the molecule is COc1cc2ncnc(Nc3cccc(Br)c3)c2cc1NC(=O)/C=C/CN1CCN(CC(=O)OC(C)C)CC1. The highest BCUT2D eigenvalue weighted by molar-refractivity contribution is 9.10. The molecule has 3 aromatic rings. The number of nitrogens with one attached hydrogen (secondary N) is 2. The normalized spacial score (nSPS) is 14.6. The average Bonchev–Trinajstić information content (AvgIpc) is 2.89. The zero-order valence-corrected chi connectivity index (χ0v) is 23.9. The van der Waals surface area contributed by atoms with Gasteiger partial charge in [-0.05, 0) is 38.1 Å². The molecule has 0 atom stereocenters. The number of carbonyl (C=O) groups is 2. The molecule has 0 spiro atoms. The number of esters is 1. The number of amides is 1. The van der Waals surface area contributed by atoms with Crippen LogP contribution in [0.5, 0.6) is 5.75 Å². The Balaban J connectivity index is 1.36. The van der Waals surface area contributed by atoms with Crippen molar-refractivity contribution in [1.29, 1.82) is 0 Å². The van der Waals surface area contributed by atoms with Gasteiger partial charge in [-0.3, -0.25) is 19.4 Å². The Hall–Kier alpha value is -3.54. The van der Waals surface area contributed by atoms with E-state index in [-0.39, 0.29) is 18.0 Å². The number of aromatic nitrogens is 2. The van der Waals surface area contributed by atoms with Crippen molar-refractivity contribution >= 4 is 55.9 Å². The van der Waals surface area contributed by atoms with Gasteiger partial charge in [-0.2, -0.15) is 0 Å². The van der Waals surface area contributed by atoms with E-state index < -0.39 is 0 Å². The van der Waals surface area contributed by atoms with Gasteiger partial charge >= 0.3 is 5.97 Å². The van der Waals surface area contributed by atoms with Crippen molar-refractivity contribution in [3.05, 3.63) is 59.4 Å². The van der Waals surface area contributed by atoms with E-state index >= 15 is 0 Å². The second kappa shape index (κ2) is 13.5. The third kappa shape index (κ3) is 8.22. The van der Waals surface area contributed by atoms with E-state index in [4.69, 9.17) is 9.47 Å². The molecule has 1 aliphatic rings. The first kappa shape index (κ1) is 28.5. The maximum absolute atomic E-state index is 12.7. The molecule has 0 unspecified atom stereocenters. The average molecular weight is 598 g/mol. The van der Waals surface area contributed by atoms with Crippen LogP contribution in [0.4, 0.5) is 17.2 Å². The summed E-state index contributed by atoms with van der Waals surface area (Å²) in [5.41, 5.74) is 2.07. The third-order valence-corrected chi connectivity index (χ3v) is 6.61. The molecule has 1 aromatic heterocycles. The number of benzene rings is 2. The smallest absolute Gasteiger partial charge is 0.320 e. The standard InChI is InChI=1S/C28H33BrN6O4/c1-19(2)39-27(37)17-35-12-10-34(11-13-35)9-5-8-26(36)33-24-15-22-23(16-25(24)38-3)30-18-31-28(22)32-21-7-4-6-20(29)14-21/h4-8,14-16,18-19H,9-13,17H2,1-3H3,(H,33,36)(H,30,31,32)/b8-5+. The second-order valence-corrected chi connectivity index (χ2v) is 10.3. The number of ether oxygens (including phenoxy) is 2. The topological polar surface area (TPSA) is 109 Å². The molecule has 39 heavy (non-hydrogen) atoms. The Morgan fingerprint density at radius 1 is 1.10 bits per heavy atom. The molecular weight excluding hydrogens is 564 g/mol. The number of fused-ring (bicyclic) bond motifs is 1. The summed E-state index contributed by atoms with van der Waals surface area (Å²) in [4.78, 5) is 37.7. The fourth-order valence-corrected chi connectivity index (χ4v) is 4.65. The van der Waals surface area contributed by atoms with Crippen LogP contribution in [0, 0.1) is 0 Å². The number of anilines is 3. The Labute approximate surface area is 236 Å². The van der Waals surface area contributed by atoms with Crippen molar-refractivity contribution in [2.24, 2.45) is 0 Å². The molecule has 10 nitrogen and oxygen atoms in total. The summed E-state index contributed by atoms with van der Waals surface area (Å²) in [5, 5.41) is 6.97. The summed E-state index contributed by atoms with van der Waals surface area (Å²) in [6.45, 7) is 7.83. The van der Waals surface area contributed by atoms with Gasteiger partial charge in [0, 0.05) is 60.4 Å². The molecule has 206 valence electrons. The second-order valence-electron chi connectivity index (χ2n) is 9.43. The fourth-order valence-electron chi connectivity index (χ4n) is 4.25. The molecule has 1 saturated heterocycles. The van der Waals surface area contributed by atoms with E-state index in [2.05, 4.69) is 46.3 Å². The van der Waals surface area contributed by atoms with Crippen molar-refractivity contribution < 1.29 is 19.1 Å². The first-order valence-electron chi connectivity index (χ1n) is 12.8. The molecule has 0 aliphatic carbocycles. The van der Waals surface area contributed by atoms with Crippen LogP contribution < -0.4 is 15.4 Å². The quantitative estimate of drug-likeness (QED) is 0.263. The molecule has 1 fully saturated rings. The molecule has 1 amide bonds. The van der Waals surface area contributed by atoms with Crippen LogP contribution in [-0.2, 0) is 14.3 Å². The predicted octanol–water partition coefficient (Wildman–Crippen LogP) is 4.21. The molecule has 0 bridgehead atoms. The number of piperazine rings is 1. The Kier molecular flexibility index (Phi) is 9.85. The molecule has 2 N–H and O–H groups in total. The minimum atomic E-state index is -0.263. The van der Waals surface area contributed by atoms with E-state index in [1.165, 1.54) is 12.4 Å². The molecule has 1 aliphatic heterocycles. The highest BCUT2D eigenvalue weighted by atomic mass is 79.9. The third-order valence-electron chi connectivity index (χ3n) is 6.12. The highest BCUT2D eigenvalue weighted by Crippen LogP contribution is 2.33. The summed E-state index contributed by atoms with van der Waals surface area (Å²) in [5.74, 6) is 0.662. The number of hydrogen-bond acceptors (Lipinski definition) is 9. The van der Waals surface area contributed by atoms with Crippen LogP contribution in [-0.4, -0.2) is 84.1 Å². The van der Waals surface area contributed by atoms with Crippen molar-refractivity contribution in [3.63, 3.8) is 0 Å². The monoisotopic (exact) mass is 596 g/mol. The van der Waals surface area contributed by atoms with Gasteiger partial charge in [0.25, 0.3) is 0 Å². The predicted molar refractivity (Wildman–Crippen MR) is 155 cm³/mol. The Morgan fingerprint density at radius 3 is 2.59 bits per heavy atom. The fraction of sp³-hybridized carbons (Fsp3) is 0.357. The lowest BCUT2D eigenvalue weighted by molar-refractivity contribution is -0.149. The summed E-state index contributed by atoms with van der Waals surface area (Å²) in [6.07, 6.45) is 4.75. The summed E-state index contributed by atoms with van der Waals surface area (Å²) in [6, 6.07) is 11.4. The van der Waals surface area contributed by atoms with Crippen LogP contribution in [0.2, 0.25) is 0 Å². The lowest BCUT2D eigenvalue weighted by Gasteiger charge is -2.33. The maximum atomic E-state index is 12.7. The lowest BCUT2D eigenvalue weighted by Crippen LogP contribution is -2.48. The Morgan fingerprint density at radius 2 is 1.87 bits per heavy atom. The van der Waals surface area contributed by atoms with Crippen molar-refractivity contribution in [1.82, 2.24) is 19.8 Å². The van der Waals surface area contributed by atoms with Gasteiger partial charge in [-0.25, -0.2) is 9.97 Å². The van der Waals surface area contributed by atoms with Gasteiger partial charge in [0.2, 0.25) is 5.91 Å². The molecule has 4 rings (SSSR count). The van der Waals surface area contributed by atoms with Crippen molar-refractivity contribution in [2.75, 3.05) is 57.0 Å². The zero-order valence-electron chi connectivity index (χ0n) is 22.3. The molecule has 11 heteroatoms. The van der Waals surface area contributed by atoms with Crippen molar-refractivity contribution in [2.45, 2.75) is 20.0 Å². The van der Waals surface area contributed by atoms with Crippen LogP contribution in [0.1, 0.15) is 13.8 Å². The molecular formula is C28H33BrN6O4. The summed E-state index contributed by atoms with van der Waals surface area (Å²) < 4.78 is 11.7. The number of carbonyl (C=O) groups excluding carboxylic acids is 2. The van der Waals surface area contributed by atoms with Gasteiger partial charge in [-0.15, -0.1) is 0 Å². The van der Waals surface area contributed by atoms with Gasteiger partial charge in [0.15, 0.2) is 0 Å². The largest absolute Gasteiger partial charge is 0.494 e. The summed E-state index contributed by atoms with van der Waals surface area (Å²) in [7, 11) is 1.55. The number of nitrogens with zero attached hydrogens (tertiary/aromatic N) is 4. The van der Waals surface area contributed by atoms with E-state index in [0.717, 1.165) is 41.7 Å². The molecule has 2 aromatic carbocycles. The minimum Gasteiger partial charge on any atom is -0.494 e. The minimum absolute atomic E-state index is 0.103. The van der Waals surface area contributed by atoms with Gasteiger partial charge in [-0.1, -0.05) is 28.1 Å². The number of halogens is 1. The van der Waals surface area contributed by atoms with Crippen molar-refractivity contribution in [3.8, 4) is 5.75 Å². The molecule has 0 saturated carbocycles.